The molecular weight excluding hydrogens is 545 g/mol. The number of amides is 2. The van der Waals surface area contributed by atoms with Crippen molar-refractivity contribution in [1.82, 2.24) is 10.2 Å². The van der Waals surface area contributed by atoms with Crippen LogP contribution in [-0.2, 0) is 26.2 Å². The first-order valence-corrected chi connectivity index (χ1v) is 15.2. The lowest BCUT2D eigenvalue weighted by Crippen LogP contribution is -2.53. The summed E-state index contributed by atoms with van der Waals surface area (Å²) in [5.41, 5.74) is 2.75. The van der Waals surface area contributed by atoms with Crippen molar-refractivity contribution in [2.75, 3.05) is 17.1 Å². The number of sulfonamides is 1. The molecule has 1 N–H and O–H groups in total. The van der Waals surface area contributed by atoms with Gasteiger partial charge in [0.1, 0.15) is 6.04 Å². The van der Waals surface area contributed by atoms with Gasteiger partial charge in [0, 0.05) is 25.0 Å². The lowest BCUT2D eigenvalue weighted by Gasteiger charge is -2.33. The van der Waals surface area contributed by atoms with E-state index in [-0.39, 0.29) is 37.7 Å². The van der Waals surface area contributed by atoms with Gasteiger partial charge < -0.3 is 10.2 Å². The molecule has 0 heterocycles. The Kier molecular flexibility index (Phi) is 11.1. The van der Waals surface area contributed by atoms with Gasteiger partial charge in [-0.3, -0.25) is 13.9 Å². The fourth-order valence-electron chi connectivity index (χ4n) is 4.31. The molecule has 0 saturated heterocycles. The number of hydrogen-bond donors (Lipinski definition) is 1. The van der Waals surface area contributed by atoms with E-state index in [2.05, 4.69) is 5.32 Å². The zero-order chi connectivity index (χ0) is 28.8. The van der Waals surface area contributed by atoms with E-state index in [0.717, 1.165) is 22.9 Å². The SMILES string of the molecule is CCC(C(=O)NC(C)(C)C)N(Cc1ccc(Cl)c(Cl)c1)C(=O)CCCN(c1cc(C)cc(C)c1)S(C)(=O)=O. The van der Waals surface area contributed by atoms with Crippen molar-refractivity contribution < 1.29 is 18.0 Å². The van der Waals surface area contributed by atoms with Gasteiger partial charge in [-0.05, 0) is 88.4 Å². The van der Waals surface area contributed by atoms with E-state index >= 15 is 0 Å². The van der Waals surface area contributed by atoms with Gasteiger partial charge in [-0.2, -0.15) is 0 Å². The molecule has 7 nitrogen and oxygen atoms in total. The third kappa shape index (κ3) is 9.47. The van der Waals surface area contributed by atoms with Gasteiger partial charge in [0.05, 0.1) is 22.0 Å². The number of hydrogen-bond acceptors (Lipinski definition) is 4. The van der Waals surface area contributed by atoms with E-state index in [4.69, 9.17) is 23.2 Å². The highest BCUT2D eigenvalue weighted by Crippen LogP contribution is 2.25. The molecule has 0 spiro atoms. The number of halogens is 2. The Morgan fingerprint density at radius 3 is 2.11 bits per heavy atom. The summed E-state index contributed by atoms with van der Waals surface area (Å²) in [6.07, 6.45) is 1.92. The molecule has 2 aromatic rings. The fraction of sp³-hybridized carbons (Fsp3) is 0.500. The first kappa shape index (κ1) is 31.9. The summed E-state index contributed by atoms with van der Waals surface area (Å²) in [5, 5.41) is 3.73. The van der Waals surface area contributed by atoms with E-state index in [0.29, 0.717) is 22.2 Å². The highest BCUT2D eigenvalue weighted by Gasteiger charge is 2.31. The third-order valence-electron chi connectivity index (χ3n) is 5.87. The molecular formula is C28H39Cl2N3O4S. The summed E-state index contributed by atoms with van der Waals surface area (Å²) in [5.74, 6) is -0.498. The Labute approximate surface area is 237 Å². The maximum absolute atomic E-state index is 13.6. The molecule has 2 rings (SSSR count). The second kappa shape index (κ2) is 13.2. The average Bonchev–Trinajstić information content (AvgIpc) is 2.76. The molecule has 2 aromatic carbocycles. The van der Waals surface area contributed by atoms with Crippen molar-refractivity contribution in [3.05, 3.63) is 63.1 Å². The number of nitrogens with one attached hydrogen (secondary N) is 1. The van der Waals surface area contributed by atoms with E-state index in [1.165, 1.54) is 4.31 Å². The van der Waals surface area contributed by atoms with Crippen LogP contribution in [0.3, 0.4) is 0 Å². The van der Waals surface area contributed by atoms with Crippen LogP contribution in [0, 0.1) is 13.8 Å². The van der Waals surface area contributed by atoms with E-state index < -0.39 is 21.6 Å². The number of aryl methyl sites for hydroxylation is 2. The van der Waals surface area contributed by atoms with Crippen molar-refractivity contribution in [1.29, 1.82) is 0 Å². The number of rotatable bonds is 11. The molecule has 10 heteroatoms. The van der Waals surface area contributed by atoms with Crippen LogP contribution in [0.15, 0.2) is 36.4 Å². The molecule has 38 heavy (non-hydrogen) atoms. The Morgan fingerprint density at radius 1 is 1.00 bits per heavy atom. The minimum atomic E-state index is -3.56. The van der Waals surface area contributed by atoms with Crippen LogP contribution in [0.1, 0.15) is 63.6 Å². The summed E-state index contributed by atoms with van der Waals surface area (Å²) in [7, 11) is -3.56. The maximum atomic E-state index is 13.6. The summed E-state index contributed by atoms with van der Waals surface area (Å²) in [4.78, 5) is 28.3. The number of carbonyl (C=O) groups excluding carboxylic acids is 2. The lowest BCUT2D eigenvalue weighted by molar-refractivity contribution is -0.142. The highest BCUT2D eigenvalue weighted by molar-refractivity contribution is 7.92. The van der Waals surface area contributed by atoms with Crippen molar-refractivity contribution in [3.63, 3.8) is 0 Å². The van der Waals surface area contributed by atoms with Gasteiger partial charge in [0.2, 0.25) is 21.8 Å². The number of anilines is 1. The molecule has 0 bridgehead atoms. The van der Waals surface area contributed by atoms with Crippen molar-refractivity contribution in [2.24, 2.45) is 0 Å². The van der Waals surface area contributed by atoms with E-state index in [9.17, 15) is 18.0 Å². The molecule has 0 aromatic heterocycles. The molecule has 2 amide bonds. The fourth-order valence-corrected chi connectivity index (χ4v) is 5.58. The quantitative estimate of drug-likeness (QED) is 0.358. The number of carbonyl (C=O) groups is 2. The van der Waals surface area contributed by atoms with Crippen molar-refractivity contribution in [2.45, 2.75) is 78.9 Å². The molecule has 0 aliphatic heterocycles. The van der Waals surface area contributed by atoms with Gasteiger partial charge in [-0.25, -0.2) is 8.42 Å². The molecule has 0 aliphatic carbocycles. The second-order valence-electron chi connectivity index (χ2n) is 10.7. The number of benzene rings is 2. The predicted octanol–water partition coefficient (Wildman–Crippen LogP) is 5.88. The summed E-state index contributed by atoms with van der Waals surface area (Å²) in [6, 6.07) is 10.0. The van der Waals surface area contributed by atoms with E-state index in [1.54, 1.807) is 23.1 Å². The summed E-state index contributed by atoms with van der Waals surface area (Å²) in [6.45, 7) is 11.6. The molecule has 1 unspecified atom stereocenters. The first-order valence-electron chi connectivity index (χ1n) is 12.6. The van der Waals surface area contributed by atoms with Crippen LogP contribution in [0.5, 0.6) is 0 Å². The van der Waals surface area contributed by atoms with Crippen LogP contribution in [-0.4, -0.2) is 49.5 Å². The third-order valence-corrected chi connectivity index (χ3v) is 7.80. The Bertz CT molecular complexity index is 1240. The van der Waals surface area contributed by atoms with Gasteiger partial charge in [0.15, 0.2) is 0 Å². The van der Waals surface area contributed by atoms with Crippen LogP contribution < -0.4 is 9.62 Å². The molecule has 1 atom stereocenters. The zero-order valence-electron chi connectivity index (χ0n) is 23.3. The monoisotopic (exact) mass is 583 g/mol. The highest BCUT2D eigenvalue weighted by atomic mass is 35.5. The van der Waals surface area contributed by atoms with Crippen molar-refractivity contribution >= 4 is 50.7 Å². The molecule has 210 valence electrons. The lowest BCUT2D eigenvalue weighted by atomic mass is 10.0. The Morgan fingerprint density at radius 2 is 1.61 bits per heavy atom. The molecule has 0 radical (unpaired) electrons. The minimum absolute atomic E-state index is 0.0669. The first-order chi connectivity index (χ1) is 17.5. The number of nitrogens with zero attached hydrogens (tertiary/aromatic N) is 2. The van der Waals surface area contributed by atoms with Crippen LogP contribution >= 0.6 is 23.2 Å². The largest absolute Gasteiger partial charge is 0.350 e. The van der Waals surface area contributed by atoms with Gasteiger partial charge in [0.25, 0.3) is 0 Å². The maximum Gasteiger partial charge on any atom is 0.243 e. The van der Waals surface area contributed by atoms with Crippen molar-refractivity contribution in [3.8, 4) is 0 Å². The molecule has 0 aliphatic rings. The normalized spacial score (nSPS) is 12.7. The van der Waals surface area contributed by atoms with Crippen LogP contribution in [0.2, 0.25) is 10.0 Å². The average molecular weight is 585 g/mol. The van der Waals surface area contributed by atoms with Crippen LogP contribution in [0.25, 0.3) is 0 Å². The van der Waals surface area contributed by atoms with E-state index in [1.807, 2.05) is 59.7 Å². The molecule has 0 fully saturated rings. The standard InChI is InChI=1S/C28H39Cl2N3O4S/c1-8-25(27(35)31-28(4,5)6)32(18-21-11-12-23(29)24(30)17-21)26(34)10-9-13-33(38(7,36)37)22-15-19(2)14-20(3)16-22/h11-12,14-17,25H,8-10,13,18H2,1-7H3,(H,31,35). The smallest absolute Gasteiger partial charge is 0.243 e. The van der Waals surface area contributed by atoms with Gasteiger partial charge >= 0.3 is 0 Å². The van der Waals surface area contributed by atoms with Gasteiger partial charge in [-0.15, -0.1) is 0 Å². The minimum Gasteiger partial charge on any atom is -0.350 e. The van der Waals surface area contributed by atoms with Gasteiger partial charge in [-0.1, -0.05) is 42.3 Å². The Hall–Kier alpha value is -2.29. The summed E-state index contributed by atoms with van der Waals surface area (Å²) < 4.78 is 26.5. The zero-order valence-corrected chi connectivity index (χ0v) is 25.6. The molecule has 0 saturated carbocycles. The second-order valence-corrected chi connectivity index (χ2v) is 13.4. The Balaban J connectivity index is 2.29. The topological polar surface area (TPSA) is 86.8 Å². The summed E-state index contributed by atoms with van der Waals surface area (Å²) >= 11 is 12.3. The predicted molar refractivity (Wildman–Crippen MR) is 156 cm³/mol. The van der Waals surface area contributed by atoms with Crippen LogP contribution in [0.4, 0.5) is 5.69 Å².